The van der Waals surface area contributed by atoms with Crippen molar-refractivity contribution in [3.8, 4) is 11.3 Å². The minimum atomic E-state index is -5.08. The van der Waals surface area contributed by atoms with Crippen molar-refractivity contribution in [1.82, 2.24) is 20.5 Å². The van der Waals surface area contributed by atoms with Crippen LogP contribution in [0.3, 0.4) is 0 Å². The molecule has 47 heavy (non-hydrogen) atoms. The summed E-state index contributed by atoms with van der Waals surface area (Å²) in [5.41, 5.74) is 5.10. The van der Waals surface area contributed by atoms with Crippen molar-refractivity contribution >= 4 is 40.9 Å². The first-order valence-electron chi connectivity index (χ1n) is 14.5. The number of benzene rings is 3. The molecule has 0 unspecified atom stereocenters. The van der Waals surface area contributed by atoms with E-state index in [-0.39, 0.29) is 11.7 Å². The first-order valence-corrected chi connectivity index (χ1v) is 15.2. The van der Waals surface area contributed by atoms with Crippen LogP contribution < -0.4 is 10.6 Å². The summed E-state index contributed by atoms with van der Waals surface area (Å²) in [5.74, 6) is -3.26. The summed E-state index contributed by atoms with van der Waals surface area (Å²) < 4.78 is 31.7. The van der Waals surface area contributed by atoms with E-state index in [4.69, 9.17) is 38.1 Å². The van der Waals surface area contributed by atoms with Gasteiger partial charge in [-0.2, -0.15) is 13.2 Å². The molecule has 8 nitrogen and oxygen atoms in total. The van der Waals surface area contributed by atoms with Gasteiger partial charge in [-0.3, -0.25) is 19.5 Å². The van der Waals surface area contributed by atoms with Crippen LogP contribution in [0.25, 0.3) is 11.3 Å². The van der Waals surface area contributed by atoms with E-state index in [1.807, 2.05) is 36.4 Å². The van der Waals surface area contributed by atoms with E-state index in [2.05, 4.69) is 28.5 Å². The van der Waals surface area contributed by atoms with E-state index < -0.39 is 12.1 Å². The van der Waals surface area contributed by atoms with Gasteiger partial charge >= 0.3 is 12.1 Å². The van der Waals surface area contributed by atoms with Gasteiger partial charge in [0.15, 0.2) is 5.78 Å². The second-order valence-corrected chi connectivity index (χ2v) is 11.6. The number of pyridine rings is 1. The van der Waals surface area contributed by atoms with Gasteiger partial charge in [0, 0.05) is 61.0 Å². The number of ketones is 1. The zero-order valence-corrected chi connectivity index (χ0v) is 26.7. The minimum Gasteiger partial charge on any atom is -0.475 e. The molecule has 0 bridgehead atoms. The average Bonchev–Trinajstić information content (AvgIpc) is 3.05. The molecule has 0 saturated carbocycles. The molecule has 0 spiro atoms. The molecule has 13 heteroatoms. The third kappa shape index (κ3) is 10.4. The molecule has 1 aliphatic rings. The monoisotopic (exact) mass is 686 g/mol. The van der Waals surface area contributed by atoms with Crippen LogP contribution in [0.2, 0.25) is 10.0 Å². The van der Waals surface area contributed by atoms with E-state index in [0.29, 0.717) is 39.3 Å². The largest absolute Gasteiger partial charge is 0.490 e. The maximum Gasteiger partial charge on any atom is 0.490 e. The molecule has 5 rings (SSSR count). The fraction of sp³-hybridized carbons (Fsp3) is 0.235. The Balaban J connectivity index is 0.000000644. The van der Waals surface area contributed by atoms with Crippen LogP contribution in [-0.2, 0) is 17.9 Å². The molecule has 2 heterocycles. The topological polar surface area (TPSA) is 112 Å². The zero-order valence-electron chi connectivity index (χ0n) is 25.2. The van der Waals surface area contributed by atoms with E-state index in [1.165, 1.54) is 6.07 Å². The number of carbonyl (C=O) groups excluding carboxylic acids is 2. The average molecular weight is 688 g/mol. The Hall–Kier alpha value is -4.29. The van der Waals surface area contributed by atoms with Crippen molar-refractivity contribution < 1.29 is 32.7 Å². The highest BCUT2D eigenvalue weighted by Gasteiger charge is 2.38. The van der Waals surface area contributed by atoms with Crippen molar-refractivity contribution in [2.45, 2.75) is 32.2 Å². The summed E-state index contributed by atoms with van der Waals surface area (Å²) in [4.78, 5) is 42.1. The predicted molar refractivity (Wildman–Crippen MR) is 174 cm³/mol. The van der Waals surface area contributed by atoms with Gasteiger partial charge in [-0.05, 0) is 61.0 Å². The molecule has 1 aliphatic heterocycles. The number of aromatic nitrogens is 1. The second-order valence-electron chi connectivity index (χ2n) is 10.8. The van der Waals surface area contributed by atoms with E-state index in [1.54, 1.807) is 36.4 Å². The molecule has 0 radical (unpaired) electrons. The molecule has 1 aromatic heterocycles. The number of carboxylic acid groups (broad SMARTS) is 1. The van der Waals surface area contributed by atoms with Crippen molar-refractivity contribution in [1.29, 1.82) is 0 Å². The Kier molecular flexibility index (Phi) is 12.1. The zero-order chi connectivity index (χ0) is 34.1. The number of piperazine rings is 1. The number of hydrogen-bond acceptors (Lipinski definition) is 6. The number of carboxylic acids is 1. The number of hydrogen-bond donors (Lipinski definition) is 3. The van der Waals surface area contributed by atoms with Gasteiger partial charge < -0.3 is 15.7 Å². The summed E-state index contributed by atoms with van der Waals surface area (Å²) in [6.07, 6.45) is -5.08. The highest BCUT2D eigenvalue weighted by atomic mass is 35.5. The quantitative estimate of drug-likeness (QED) is 0.178. The fourth-order valence-corrected chi connectivity index (χ4v) is 5.14. The Bertz CT molecular complexity index is 1750. The summed E-state index contributed by atoms with van der Waals surface area (Å²) in [6.45, 7) is 6.38. The van der Waals surface area contributed by atoms with E-state index >= 15 is 0 Å². The van der Waals surface area contributed by atoms with Gasteiger partial charge in [0.25, 0.3) is 5.91 Å². The maximum absolute atomic E-state index is 13.0. The first kappa shape index (κ1) is 35.6. The molecule has 0 aliphatic carbocycles. The fourth-order valence-electron chi connectivity index (χ4n) is 4.84. The molecular weight excluding hydrogens is 656 g/mol. The Labute approximate surface area is 279 Å². The molecule has 1 saturated heterocycles. The highest BCUT2D eigenvalue weighted by molar-refractivity contribution is 6.42. The maximum atomic E-state index is 13.0. The van der Waals surface area contributed by atoms with E-state index in [9.17, 15) is 22.8 Å². The van der Waals surface area contributed by atoms with Crippen LogP contribution in [-0.4, -0.2) is 64.5 Å². The Morgan fingerprint density at radius 3 is 2.32 bits per heavy atom. The highest BCUT2D eigenvalue weighted by Crippen LogP contribution is 2.24. The number of carbonyl (C=O) groups is 3. The molecule has 1 fully saturated rings. The second kappa shape index (κ2) is 16.0. The number of rotatable bonds is 8. The van der Waals surface area contributed by atoms with Crippen LogP contribution >= 0.6 is 23.2 Å². The molecule has 3 N–H and O–H groups in total. The first-order chi connectivity index (χ1) is 22.3. The number of alkyl halides is 3. The van der Waals surface area contributed by atoms with Crippen LogP contribution in [0.15, 0.2) is 84.9 Å². The molecule has 246 valence electrons. The lowest BCUT2D eigenvalue weighted by Crippen LogP contribution is -2.48. The third-order valence-electron chi connectivity index (χ3n) is 7.13. The van der Waals surface area contributed by atoms with Gasteiger partial charge in [-0.25, -0.2) is 4.79 Å². The van der Waals surface area contributed by atoms with Crippen LogP contribution in [0.5, 0.6) is 0 Å². The van der Waals surface area contributed by atoms with Gasteiger partial charge in [-0.15, -0.1) is 0 Å². The molecular formula is C34H31Cl2F3N4O4. The third-order valence-corrected chi connectivity index (χ3v) is 7.87. The minimum absolute atomic E-state index is 0.234. The summed E-state index contributed by atoms with van der Waals surface area (Å²) in [7, 11) is 0. The van der Waals surface area contributed by atoms with Crippen LogP contribution in [0.4, 0.5) is 13.2 Å². The smallest absolute Gasteiger partial charge is 0.475 e. The summed E-state index contributed by atoms with van der Waals surface area (Å²) >= 11 is 12.0. The Morgan fingerprint density at radius 2 is 1.62 bits per heavy atom. The van der Waals surface area contributed by atoms with Crippen LogP contribution in [0, 0.1) is 0 Å². The van der Waals surface area contributed by atoms with Crippen molar-refractivity contribution in [3.63, 3.8) is 0 Å². The number of nitrogens with one attached hydrogen (secondary N) is 2. The number of amides is 1. The Morgan fingerprint density at radius 1 is 0.936 bits per heavy atom. The molecule has 3 aromatic carbocycles. The van der Waals surface area contributed by atoms with Crippen LogP contribution in [0.1, 0.15) is 44.5 Å². The standard InChI is InChI=1S/C32H30Cl2N4O2.C2HF3O2/c1-21-19-38(14-13-35-21)20-27-9-4-10-30(37-27)23-6-2-5-22(15-23)18-36-32(40)26-8-3-7-24(16-26)31(39)25-11-12-28(33)29(34)17-25;3-2(4,5)1(6)7/h2-12,15-17,21,35H,13-14,18-20H2,1H3,(H,36,40);(H,6,7)/t21-;/m0./s1. The summed E-state index contributed by atoms with van der Waals surface area (Å²) in [5, 5.41) is 14.2. The molecule has 1 amide bonds. The lowest BCUT2D eigenvalue weighted by Gasteiger charge is -2.31. The predicted octanol–water partition coefficient (Wildman–Crippen LogP) is 6.64. The molecule has 1 atom stereocenters. The van der Waals surface area contributed by atoms with Gasteiger partial charge in [-0.1, -0.05) is 59.6 Å². The SMILES string of the molecule is C[C@H]1CN(Cc2cccc(-c3cccc(CNC(=O)c4cccc(C(=O)c5ccc(Cl)c(Cl)c5)c4)c3)n2)CCN1.O=C(O)C(F)(F)F. The number of halogens is 5. The van der Waals surface area contributed by atoms with E-state index in [0.717, 1.165) is 48.7 Å². The number of nitrogens with zero attached hydrogens (tertiary/aromatic N) is 2. The van der Waals surface area contributed by atoms with Gasteiger partial charge in [0.1, 0.15) is 0 Å². The van der Waals surface area contributed by atoms with Gasteiger partial charge in [0.05, 0.1) is 21.4 Å². The van der Waals surface area contributed by atoms with Crippen molar-refractivity contribution in [3.05, 3.63) is 123 Å². The lowest BCUT2D eigenvalue weighted by atomic mass is 10.0. The van der Waals surface area contributed by atoms with Crippen molar-refractivity contribution in [2.75, 3.05) is 19.6 Å². The van der Waals surface area contributed by atoms with Gasteiger partial charge in [0.2, 0.25) is 0 Å². The molecule has 4 aromatic rings. The summed E-state index contributed by atoms with van der Waals surface area (Å²) in [6, 6.07) is 26.0. The number of aliphatic carboxylic acids is 1. The normalized spacial score (nSPS) is 14.9. The lowest BCUT2D eigenvalue weighted by molar-refractivity contribution is -0.192. The van der Waals surface area contributed by atoms with Crippen molar-refractivity contribution in [2.24, 2.45) is 0 Å².